The Morgan fingerprint density at radius 1 is 1.46 bits per heavy atom. The van der Waals surface area contributed by atoms with Crippen LogP contribution in [0.3, 0.4) is 0 Å². The first-order chi connectivity index (χ1) is 6.33. The van der Waals surface area contributed by atoms with E-state index in [4.69, 9.17) is 5.26 Å². The molecule has 13 heavy (non-hydrogen) atoms. The van der Waals surface area contributed by atoms with Gasteiger partial charge in [-0.1, -0.05) is 0 Å². The molecule has 66 valence electrons. The summed E-state index contributed by atoms with van der Waals surface area (Å²) in [5.74, 6) is 0.701. The Labute approximate surface area is 76.8 Å². The highest BCUT2D eigenvalue weighted by Gasteiger charge is 2.28. The van der Waals surface area contributed by atoms with Crippen molar-refractivity contribution in [2.75, 3.05) is 11.9 Å². The zero-order chi connectivity index (χ0) is 9.26. The van der Waals surface area contributed by atoms with Gasteiger partial charge in [0.15, 0.2) is 11.5 Å². The smallest absolute Gasteiger partial charge is 0.183 e. The van der Waals surface area contributed by atoms with Crippen LogP contribution in [0.15, 0.2) is 12.4 Å². The number of hydrogen-bond donors (Lipinski definition) is 0. The molecule has 1 aliphatic rings. The van der Waals surface area contributed by atoms with Crippen molar-refractivity contribution < 1.29 is 0 Å². The van der Waals surface area contributed by atoms with Gasteiger partial charge in [-0.15, -0.1) is 0 Å². The average molecular weight is 174 g/mol. The Bertz CT molecular complexity index is 351. The SMILES string of the molecule is CN(c1nccnc1C#N)C1CC1. The van der Waals surface area contributed by atoms with Gasteiger partial charge in [0.2, 0.25) is 0 Å². The number of nitrogens with zero attached hydrogens (tertiary/aromatic N) is 4. The summed E-state index contributed by atoms with van der Waals surface area (Å²) in [4.78, 5) is 10.1. The van der Waals surface area contributed by atoms with Crippen LogP contribution in [0.5, 0.6) is 0 Å². The van der Waals surface area contributed by atoms with E-state index in [0.29, 0.717) is 17.6 Å². The fourth-order valence-corrected chi connectivity index (χ4v) is 1.30. The van der Waals surface area contributed by atoms with E-state index in [1.54, 1.807) is 12.4 Å². The Morgan fingerprint density at radius 3 is 2.77 bits per heavy atom. The van der Waals surface area contributed by atoms with E-state index in [1.807, 2.05) is 18.0 Å². The molecule has 0 atom stereocenters. The van der Waals surface area contributed by atoms with E-state index in [-0.39, 0.29) is 0 Å². The molecule has 1 saturated carbocycles. The molecule has 0 spiro atoms. The molecular formula is C9H10N4. The Hall–Kier alpha value is -1.63. The molecule has 0 unspecified atom stereocenters. The fourth-order valence-electron chi connectivity index (χ4n) is 1.30. The van der Waals surface area contributed by atoms with Crippen molar-refractivity contribution in [3.8, 4) is 6.07 Å². The topological polar surface area (TPSA) is 52.8 Å². The van der Waals surface area contributed by atoms with E-state index >= 15 is 0 Å². The van der Waals surface area contributed by atoms with Gasteiger partial charge in [0.05, 0.1) is 0 Å². The van der Waals surface area contributed by atoms with Crippen LogP contribution in [0.4, 0.5) is 5.82 Å². The van der Waals surface area contributed by atoms with Gasteiger partial charge in [-0.05, 0) is 12.8 Å². The predicted molar refractivity (Wildman–Crippen MR) is 48.2 cm³/mol. The number of aromatic nitrogens is 2. The molecule has 0 aromatic carbocycles. The minimum atomic E-state index is 0.414. The lowest BCUT2D eigenvalue weighted by Crippen LogP contribution is -2.22. The second-order valence-corrected chi connectivity index (χ2v) is 3.18. The van der Waals surface area contributed by atoms with Crippen LogP contribution in [-0.2, 0) is 0 Å². The number of nitriles is 1. The molecule has 0 saturated heterocycles. The van der Waals surface area contributed by atoms with Crippen LogP contribution in [0, 0.1) is 11.3 Å². The summed E-state index contributed by atoms with van der Waals surface area (Å²) in [5.41, 5.74) is 0.414. The molecule has 0 N–H and O–H groups in total. The first kappa shape index (κ1) is 7.99. The van der Waals surface area contributed by atoms with Gasteiger partial charge in [-0.3, -0.25) is 0 Å². The predicted octanol–water partition coefficient (Wildman–Crippen LogP) is 0.947. The zero-order valence-corrected chi connectivity index (χ0v) is 7.44. The molecule has 0 amide bonds. The van der Waals surface area contributed by atoms with Gasteiger partial charge in [0, 0.05) is 25.5 Å². The lowest BCUT2D eigenvalue weighted by Gasteiger charge is -2.16. The maximum Gasteiger partial charge on any atom is 0.183 e. The highest BCUT2D eigenvalue weighted by atomic mass is 15.2. The van der Waals surface area contributed by atoms with Crippen LogP contribution >= 0.6 is 0 Å². The minimum absolute atomic E-state index is 0.414. The lowest BCUT2D eigenvalue weighted by molar-refractivity contribution is 0.879. The molecule has 0 bridgehead atoms. The van der Waals surface area contributed by atoms with E-state index in [1.165, 1.54) is 12.8 Å². The Morgan fingerprint density at radius 2 is 2.15 bits per heavy atom. The summed E-state index contributed by atoms with van der Waals surface area (Å²) in [6, 6.07) is 2.60. The number of anilines is 1. The standard InChI is InChI=1S/C9H10N4/c1-13(7-2-3-7)9-8(6-10)11-4-5-12-9/h4-5,7H,2-3H2,1H3. The van der Waals surface area contributed by atoms with Crippen LogP contribution < -0.4 is 4.90 Å². The summed E-state index contributed by atoms with van der Waals surface area (Å²) < 4.78 is 0. The molecule has 1 fully saturated rings. The molecule has 1 aliphatic carbocycles. The molecule has 0 radical (unpaired) electrons. The molecule has 1 heterocycles. The van der Waals surface area contributed by atoms with Gasteiger partial charge in [-0.25, -0.2) is 9.97 Å². The first-order valence-corrected chi connectivity index (χ1v) is 4.27. The van der Waals surface area contributed by atoms with Crippen molar-refractivity contribution in [2.24, 2.45) is 0 Å². The van der Waals surface area contributed by atoms with Crippen LogP contribution in [-0.4, -0.2) is 23.1 Å². The third-order valence-corrected chi connectivity index (χ3v) is 2.21. The second-order valence-electron chi connectivity index (χ2n) is 3.18. The highest BCUT2D eigenvalue weighted by Crippen LogP contribution is 2.29. The zero-order valence-electron chi connectivity index (χ0n) is 7.44. The molecule has 1 aromatic rings. The third kappa shape index (κ3) is 1.45. The second kappa shape index (κ2) is 3.02. The van der Waals surface area contributed by atoms with E-state index in [2.05, 4.69) is 9.97 Å². The van der Waals surface area contributed by atoms with Gasteiger partial charge >= 0.3 is 0 Å². The van der Waals surface area contributed by atoms with E-state index in [9.17, 15) is 0 Å². The van der Waals surface area contributed by atoms with Crippen molar-refractivity contribution in [1.29, 1.82) is 5.26 Å². The largest absolute Gasteiger partial charge is 0.354 e. The Balaban J connectivity index is 2.32. The average Bonchev–Trinajstić information content (AvgIpc) is 3.00. The van der Waals surface area contributed by atoms with Crippen molar-refractivity contribution in [1.82, 2.24) is 9.97 Å². The van der Waals surface area contributed by atoms with Gasteiger partial charge in [-0.2, -0.15) is 5.26 Å². The number of hydrogen-bond acceptors (Lipinski definition) is 4. The molecular weight excluding hydrogens is 164 g/mol. The monoisotopic (exact) mass is 174 g/mol. The molecule has 4 nitrogen and oxygen atoms in total. The van der Waals surface area contributed by atoms with Crippen molar-refractivity contribution in [3.63, 3.8) is 0 Å². The number of rotatable bonds is 2. The molecule has 0 aliphatic heterocycles. The van der Waals surface area contributed by atoms with Gasteiger partial charge in [0.1, 0.15) is 6.07 Å². The van der Waals surface area contributed by atoms with E-state index in [0.717, 1.165) is 0 Å². The fraction of sp³-hybridized carbons (Fsp3) is 0.444. The Kier molecular flexibility index (Phi) is 1.85. The summed E-state index contributed by atoms with van der Waals surface area (Å²) in [5, 5.41) is 8.79. The minimum Gasteiger partial charge on any atom is -0.354 e. The van der Waals surface area contributed by atoms with Crippen LogP contribution in [0.25, 0.3) is 0 Å². The van der Waals surface area contributed by atoms with Crippen molar-refractivity contribution >= 4 is 5.82 Å². The first-order valence-electron chi connectivity index (χ1n) is 4.27. The molecule has 1 aromatic heterocycles. The summed E-state index contributed by atoms with van der Waals surface area (Å²) in [6.45, 7) is 0. The summed E-state index contributed by atoms with van der Waals surface area (Å²) in [7, 11) is 1.96. The normalized spacial score (nSPS) is 15.1. The quantitative estimate of drug-likeness (QED) is 0.669. The highest BCUT2D eigenvalue weighted by molar-refractivity contribution is 5.50. The van der Waals surface area contributed by atoms with Crippen molar-refractivity contribution in [2.45, 2.75) is 18.9 Å². The summed E-state index contributed by atoms with van der Waals surface area (Å²) in [6.07, 6.45) is 5.55. The third-order valence-electron chi connectivity index (χ3n) is 2.21. The van der Waals surface area contributed by atoms with E-state index < -0.39 is 0 Å². The summed E-state index contributed by atoms with van der Waals surface area (Å²) >= 11 is 0. The maximum absolute atomic E-state index is 8.79. The molecule has 2 rings (SSSR count). The van der Waals surface area contributed by atoms with Crippen molar-refractivity contribution in [3.05, 3.63) is 18.1 Å². The van der Waals surface area contributed by atoms with Crippen LogP contribution in [0.1, 0.15) is 18.5 Å². The molecule has 4 heteroatoms. The van der Waals surface area contributed by atoms with Crippen LogP contribution in [0.2, 0.25) is 0 Å². The lowest BCUT2D eigenvalue weighted by atomic mass is 10.4. The van der Waals surface area contributed by atoms with Gasteiger partial charge in [0.25, 0.3) is 0 Å². The maximum atomic E-state index is 8.79. The van der Waals surface area contributed by atoms with Gasteiger partial charge < -0.3 is 4.90 Å².